The minimum Gasteiger partial charge on any atom is -0.650 e. The van der Waals surface area contributed by atoms with Crippen molar-refractivity contribution in [2.45, 2.75) is 98.8 Å². The Hall–Kier alpha value is -5.01. The first kappa shape index (κ1) is 63.3. The van der Waals surface area contributed by atoms with Crippen LogP contribution in [0.3, 0.4) is 0 Å². The molecule has 1 rings (SSSR count). The first-order valence-electron chi connectivity index (χ1n) is 20.0. The molecule has 23 nitrogen and oxygen atoms in total. The molecular weight excluding hydrogens is 872 g/mol. The molecular formula is C40H63KN8O15. The molecule has 0 fully saturated rings. The van der Waals surface area contributed by atoms with E-state index in [1.807, 2.05) is 6.92 Å². The number of hydrogen-bond donors (Lipinski definition) is 10. The van der Waals surface area contributed by atoms with Crippen molar-refractivity contribution < 1.29 is 124 Å². The summed E-state index contributed by atoms with van der Waals surface area (Å²) in [5, 5.41) is 33.7. The Bertz CT molecular complexity index is 1650. The minimum absolute atomic E-state index is 0. The first-order chi connectivity index (χ1) is 29.7. The van der Waals surface area contributed by atoms with Gasteiger partial charge >= 0.3 is 69.4 Å². The van der Waals surface area contributed by atoms with Gasteiger partial charge in [0.05, 0.1) is 39.5 Å². The van der Waals surface area contributed by atoms with Gasteiger partial charge in [0, 0.05) is 43.8 Å². The number of rotatable bonds is 28. The second-order valence-electron chi connectivity index (χ2n) is 13.9. The Balaban J connectivity index is -0.00000250. The number of nitrogens with two attached hydrogens (primary N) is 1. The molecule has 2 unspecified atom stereocenters. The van der Waals surface area contributed by atoms with E-state index in [2.05, 4.69) is 42.0 Å². The van der Waals surface area contributed by atoms with Crippen molar-refractivity contribution in [1.82, 2.24) is 31.9 Å². The molecule has 0 aliphatic carbocycles. The second kappa shape index (κ2) is 38.4. The van der Waals surface area contributed by atoms with Gasteiger partial charge in [-0.05, 0) is 36.5 Å². The topological polar surface area (TPSA) is 357 Å². The molecule has 1 aromatic carbocycles. The Labute approximate surface area is 415 Å². The molecule has 0 heterocycles. The zero-order valence-corrected chi connectivity index (χ0v) is 40.7. The molecule has 0 saturated carbocycles. The summed E-state index contributed by atoms with van der Waals surface area (Å²) < 4.78 is 9.82. The van der Waals surface area contributed by atoms with E-state index in [4.69, 9.17) is 20.7 Å². The van der Waals surface area contributed by atoms with Crippen LogP contribution in [-0.4, -0.2) is 127 Å². The van der Waals surface area contributed by atoms with Crippen LogP contribution in [0, 0.1) is 11.8 Å². The van der Waals surface area contributed by atoms with Crippen molar-refractivity contribution in [3.8, 4) is 0 Å². The fraction of sp³-hybridized carbons (Fsp3) is 0.575. The van der Waals surface area contributed by atoms with Crippen molar-refractivity contribution in [2.24, 2.45) is 17.6 Å². The van der Waals surface area contributed by atoms with Crippen LogP contribution < -0.4 is 94.3 Å². The molecule has 8 amide bonds. The van der Waals surface area contributed by atoms with E-state index in [9.17, 15) is 52.7 Å². The number of benzene rings is 1. The largest absolute Gasteiger partial charge is 1.00 e. The fourth-order valence-corrected chi connectivity index (χ4v) is 4.35. The Morgan fingerprint density at radius 3 is 1.77 bits per heavy atom. The summed E-state index contributed by atoms with van der Waals surface area (Å²) in [7, 11) is 0. The molecule has 0 aliphatic heterocycles. The average molecular weight is 935 g/mol. The minimum atomic E-state index is -1.27. The number of nitrogens with one attached hydrogen (secondary N) is 7. The number of carbonyl (C=O) groups is 10. The molecule has 24 heteroatoms. The van der Waals surface area contributed by atoms with Crippen molar-refractivity contribution in [2.75, 3.05) is 44.7 Å². The van der Waals surface area contributed by atoms with Gasteiger partial charge in [0.2, 0.25) is 35.4 Å². The van der Waals surface area contributed by atoms with Crippen LogP contribution >= 0.6 is 0 Å². The number of hydrogen-bond acceptors (Lipinski definition) is 13. The number of ether oxygens (including phenoxy) is 2. The summed E-state index contributed by atoms with van der Waals surface area (Å²) in [6.45, 7) is 11.0. The Morgan fingerprint density at radius 2 is 1.27 bits per heavy atom. The average Bonchev–Trinajstić information content (AvgIpc) is 3.23. The normalized spacial score (nSPS) is 10.9. The maximum absolute atomic E-state index is 12.7. The molecule has 64 heavy (non-hydrogen) atoms. The SMILES string of the molecule is CC(C)C(=O)CCOCCC(=O)NC(CCC(=O)O)C(=O)NCC(=O)NCC(=O)NC(C(=O)NCC(=O)Nc1ccc(CO[C-]=O)cc1)C(C)C.CCC(=O)O.CCCNC(N)=O.[K+]. The van der Waals surface area contributed by atoms with Gasteiger partial charge in [-0.2, -0.15) is 0 Å². The van der Waals surface area contributed by atoms with E-state index in [-0.39, 0.29) is 109 Å². The van der Waals surface area contributed by atoms with Gasteiger partial charge in [0.25, 0.3) is 0 Å². The molecule has 2 atom stereocenters. The number of amides is 8. The van der Waals surface area contributed by atoms with E-state index in [0.29, 0.717) is 17.8 Å². The molecule has 354 valence electrons. The van der Waals surface area contributed by atoms with Gasteiger partial charge in [-0.15, -0.1) is 0 Å². The summed E-state index contributed by atoms with van der Waals surface area (Å²) in [6, 6.07) is 3.65. The van der Waals surface area contributed by atoms with Gasteiger partial charge in [-0.25, -0.2) is 4.79 Å². The molecule has 0 spiro atoms. The maximum atomic E-state index is 12.7. The fourth-order valence-electron chi connectivity index (χ4n) is 4.35. The second-order valence-corrected chi connectivity index (χ2v) is 13.9. The maximum Gasteiger partial charge on any atom is 1.00 e. The molecule has 0 radical (unpaired) electrons. The van der Waals surface area contributed by atoms with Gasteiger partial charge in [0.15, 0.2) is 0 Å². The monoisotopic (exact) mass is 934 g/mol. The Morgan fingerprint density at radius 1 is 0.703 bits per heavy atom. The van der Waals surface area contributed by atoms with Gasteiger partial charge in [-0.1, -0.05) is 60.1 Å². The third-order valence-corrected chi connectivity index (χ3v) is 7.85. The number of aliphatic carboxylic acids is 2. The van der Waals surface area contributed by atoms with E-state index < -0.39 is 97.5 Å². The number of carbonyl (C=O) groups excluding carboxylic acids is 9. The zero-order valence-electron chi connectivity index (χ0n) is 37.6. The summed E-state index contributed by atoms with van der Waals surface area (Å²) in [5.74, 6) is -6.60. The quantitative estimate of drug-likeness (QED) is 0.0223. The Kier molecular flexibility index (Phi) is 38.0. The smallest absolute Gasteiger partial charge is 0.650 e. The van der Waals surface area contributed by atoms with Crippen molar-refractivity contribution in [3.63, 3.8) is 0 Å². The van der Waals surface area contributed by atoms with E-state index in [0.717, 1.165) is 6.42 Å². The molecule has 0 bridgehead atoms. The number of anilines is 1. The first-order valence-corrected chi connectivity index (χ1v) is 20.0. The van der Waals surface area contributed by atoms with Gasteiger partial charge in [-0.3, -0.25) is 43.2 Å². The number of ketones is 1. The molecule has 1 aromatic rings. The standard InChI is InChI=1S/C33H47N6O12.C4H10N2O.C3H6O2.K/c1-20(2)25(41)11-13-50-14-12-26(42)38-24(9-10-30(46)47)32(48)35-15-27(43)34-16-29(45)39-31(21(3)4)33(49)36-17-28(44)37-23-7-5-22(6-8-23)18-51-19-40;1-2-3-6-4(5)7;1-2-3(4)5;/h5-8,20-21,24,31H,9-18H2,1-4H3,(H,34,43)(H,35,48)(H,36,49)(H,37,44)(H,38,42)(H,39,45)(H,46,47);2-3H2,1H3,(H3,5,6,7);2H2,1H3,(H,4,5);/q-1;;;+1. The van der Waals surface area contributed by atoms with E-state index in [1.54, 1.807) is 58.9 Å². The van der Waals surface area contributed by atoms with Crippen LogP contribution in [0.2, 0.25) is 0 Å². The zero-order chi connectivity index (χ0) is 48.3. The van der Waals surface area contributed by atoms with Crippen LogP contribution in [0.25, 0.3) is 0 Å². The number of carboxylic acids is 2. The number of Topliss-reactive ketones (excluding diaryl/α,β-unsaturated/α-hetero) is 1. The third kappa shape index (κ3) is 35.4. The van der Waals surface area contributed by atoms with Gasteiger partial charge in [0.1, 0.15) is 17.9 Å². The summed E-state index contributed by atoms with van der Waals surface area (Å²) in [4.78, 5) is 127. The number of urea groups is 1. The van der Waals surface area contributed by atoms with Crippen LogP contribution in [0.15, 0.2) is 24.3 Å². The van der Waals surface area contributed by atoms with Crippen LogP contribution in [0.1, 0.15) is 85.6 Å². The molecule has 11 N–H and O–H groups in total. The number of primary amides is 1. The van der Waals surface area contributed by atoms with E-state index >= 15 is 0 Å². The third-order valence-electron chi connectivity index (χ3n) is 7.85. The number of carboxylic acid groups (broad SMARTS) is 2. The van der Waals surface area contributed by atoms with E-state index in [1.165, 1.54) is 6.47 Å². The van der Waals surface area contributed by atoms with Crippen LogP contribution in [-0.2, 0) is 64.0 Å². The molecule has 0 saturated heterocycles. The van der Waals surface area contributed by atoms with Crippen LogP contribution in [0.5, 0.6) is 0 Å². The summed E-state index contributed by atoms with van der Waals surface area (Å²) in [6.07, 6.45) is 0.497. The van der Waals surface area contributed by atoms with Crippen molar-refractivity contribution in [1.29, 1.82) is 0 Å². The molecule has 0 aliphatic rings. The predicted octanol–water partition coefficient (Wildman–Crippen LogP) is -3.38. The van der Waals surface area contributed by atoms with Gasteiger partial charge < -0.3 is 67.4 Å². The summed E-state index contributed by atoms with van der Waals surface area (Å²) >= 11 is 0. The molecule has 0 aromatic heterocycles. The van der Waals surface area contributed by atoms with Crippen molar-refractivity contribution in [3.05, 3.63) is 29.8 Å². The predicted molar refractivity (Wildman–Crippen MR) is 226 cm³/mol. The van der Waals surface area contributed by atoms with Crippen molar-refractivity contribution >= 4 is 71.4 Å². The summed E-state index contributed by atoms with van der Waals surface area (Å²) in [5.41, 5.74) is 5.84. The van der Waals surface area contributed by atoms with Crippen LogP contribution in [0.4, 0.5) is 10.5 Å².